The summed E-state index contributed by atoms with van der Waals surface area (Å²) >= 11 is 0. The predicted molar refractivity (Wildman–Crippen MR) is 84.6 cm³/mol. The molecule has 2 aromatic heterocycles. The number of furan rings is 1. The monoisotopic (exact) mass is 310 g/mol. The van der Waals surface area contributed by atoms with Crippen LogP contribution < -0.4 is 10.1 Å². The third-order valence-electron chi connectivity index (χ3n) is 3.21. The normalized spacial score (nSPS) is 10.3. The standard InChI is InChI=1S/C17H14N2O4/c1-22-16-9-11(4-5-13(16)20)14-6-7-15(23-14)17(21)19-12-3-2-8-18-10-12/h2-10,20H,1H3,(H,19,21). The average Bonchev–Trinajstić information content (AvgIpc) is 3.06. The van der Waals surface area contributed by atoms with Crippen LogP contribution >= 0.6 is 0 Å². The summed E-state index contributed by atoms with van der Waals surface area (Å²) in [5.74, 6) is 0.683. The summed E-state index contributed by atoms with van der Waals surface area (Å²) in [5, 5.41) is 12.3. The van der Waals surface area contributed by atoms with Gasteiger partial charge in [0.1, 0.15) is 5.76 Å². The molecule has 0 radical (unpaired) electrons. The van der Waals surface area contributed by atoms with Gasteiger partial charge in [0.25, 0.3) is 5.91 Å². The van der Waals surface area contributed by atoms with Crippen molar-refractivity contribution in [3.8, 4) is 22.8 Å². The number of hydrogen-bond acceptors (Lipinski definition) is 5. The molecular weight excluding hydrogens is 296 g/mol. The number of pyridine rings is 1. The summed E-state index contributed by atoms with van der Waals surface area (Å²) in [5.41, 5.74) is 1.28. The van der Waals surface area contributed by atoms with Crippen molar-refractivity contribution in [2.75, 3.05) is 12.4 Å². The van der Waals surface area contributed by atoms with Crippen LogP contribution in [-0.2, 0) is 0 Å². The molecule has 1 amide bonds. The first kappa shape index (κ1) is 14.6. The maximum absolute atomic E-state index is 12.1. The number of amides is 1. The summed E-state index contributed by atoms with van der Waals surface area (Å²) in [6, 6.07) is 11.6. The molecule has 0 aliphatic carbocycles. The zero-order valence-corrected chi connectivity index (χ0v) is 12.3. The Balaban J connectivity index is 1.81. The van der Waals surface area contributed by atoms with Crippen LogP contribution in [0.25, 0.3) is 11.3 Å². The Hall–Kier alpha value is -3.28. The SMILES string of the molecule is COc1cc(-c2ccc(C(=O)Nc3cccnc3)o2)ccc1O. The summed E-state index contributed by atoms with van der Waals surface area (Å²) in [6.07, 6.45) is 3.17. The number of carbonyl (C=O) groups is 1. The second-order valence-electron chi connectivity index (χ2n) is 4.75. The van der Waals surface area contributed by atoms with E-state index in [1.54, 1.807) is 48.8 Å². The van der Waals surface area contributed by atoms with Gasteiger partial charge in [0.05, 0.1) is 19.0 Å². The number of carbonyl (C=O) groups excluding carboxylic acids is 1. The number of nitrogens with zero attached hydrogens (tertiary/aromatic N) is 1. The number of nitrogens with one attached hydrogen (secondary N) is 1. The Morgan fingerprint density at radius 2 is 2.13 bits per heavy atom. The molecule has 2 heterocycles. The van der Waals surface area contributed by atoms with Gasteiger partial charge in [0.15, 0.2) is 17.3 Å². The molecule has 0 saturated carbocycles. The molecule has 6 nitrogen and oxygen atoms in total. The third-order valence-corrected chi connectivity index (χ3v) is 3.21. The van der Waals surface area contributed by atoms with Crippen molar-refractivity contribution in [2.24, 2.45) is 0 Å². The lowest BCUT2D eigenvalue weighted by atomic mass is 10.1. The van der Waals surface area contributed by atoms with Crippen LogP contribution in [0.1, 0.15) is 10.6 Å². The average molecular weight is 310 g/mol. The number of aromatic hydroxyl groups is 1. The second-order valence-corrected chi connectivity index (χ2v) is 4.75. The fourth-order valence-electron chi connectivity index (χ4n) is 2.08. The van der Waals surface area contributed by atoms with Crippen molar-refractivity contribution < 1.29 is 19.1 Å². The Bertz CT molecular complexity index is 828. The molecule has 0 spiro atoms. The van der Waals surface area contributed by atoms with Gasteiger partial charge in [-0.25, -0.2) is 0 Å². The number of hydrogen-bond donors (Lipinski definition) is 2. The molecule has 3 aromatic rings. The van der Waals surface area contributed by atoms with E-state index in [4.69, 9.17) is 9.15 Å². The molecule has 3 rings (SSSR count). The minimum atomic E-state index is -0.366. The highest BCUT2D eigenvalue weighted by atomic mass is 16.5. The van der Waals surface area contributed by atoms with Crippen molar-refractivity contribution >= 4 is 11.6 Å². The highest BCUT2D eigenvalue weighted by Crippen LogP contribution is 2.32. The number of aromatic nitrogens is 1. The largest absolute Gasteiger partial charge is 0.504 e. The van der Waals surface area contributed by atoms with E-state index in [-0.39, 0.29) is 17.4 Å². The van der Waals surface area contributed by atoms with E-state index in [9.17, 15) is 9.90 Å². The van der Waals surface area contributed by atoms with Gasteiger partial charge in [-0.2, -0.15) is 0 Å². The number of methoxy groups -OCH3 is 1. The first-order valence-electron chi connectivity index (χ1n) is 6.86. The number of benzene rings is 1. The van der Waals surface area contributed by atoms with Gasteiger partial charge in [-0.05, 0) is 42.5 Å². The molecule has 6 heteroatoms. The van der Waals surface area contributed by atoms with Gasteiger partial charge >= 0.3 is 0 Å². The molecule has 0 atom stereocenters. The zero-order valence-electron chi connectivity index (χ0n) is 12.3. The van der Waals surface area contributed by atoms with Crippen molar-refractivity contribution in [2.45, 2.75) is 0 Å². The van der Waals surface area contributed by atoms with Gasteiger partial charge in [-0.15, -0.1) is 0 Å². The van der Waals surface area contributed by atoms with Crippen molar-refractivity contribution in [3.05, 3.63) is 60.6 Å². The van der Waals surface area contributed by atoms with E-state index < -0.39 is 0 Å². The second kappa shape index (κ2) is 6.23. The predicted octanol–water partition coefficient (Wildman–Crippen LogP) is 3.31. The van der Waals surface area contributed by atoms with E-state index in [2.05, 4.69) is 10.3 Å². The van der Waals surface area contributed by atoms with Gasteiger partial charge in [0, 0.05) is 11.8 Å². The third kappa shape index (κ3) is 3.16. The lowest BCUT2D eigenvalue weighted by Gasteiger charge is -2.05. The topological polar surface area (TPSA) is 84.6 Å². The number of ether oxygens (including phenoxy) is 1. The van der Waals surface area contributed by atoms with Crippen LogP contribution in [0.3, 0.4) is 0 Å². The number of anilines is 1. The fraction of sp³-hybridized carbons (Fsp3) is 0.0588. The molecule has 0 saturated heterocycles. The molecule has 0 fully saturated rings. The lowest BCUT2D eigenvalue weighted by Crippen LogP contribution is -2.10. The quantitative estimate of drug-likeness (QED) is 0.772. The van der Waals surface area contributed by atoms with E-state index in [0.717, 1.165) is 0 Å². The van der Waals surface area contributed by atoms with E-state index in [0.29, 0.717) is 22.8 Å². The first-order chi connectivity index (χ1) is 11.2. The van der Waals surface area contributed by atoms with E-state index >= 15 is 0 Å². The molecule has 116 valence electrons. The molecule has 0 aliphatic rings. The summed E-state index contributed by atoms with van der Waals surface area (Å²) in [6.45, 7) is 0. The van der Waals surface area contributed by atoms with Crippen molar-refractivity contribution in [1.82, 2.24) is 4.98 Å². The van der Waals surface area contributed by atoms with Crippen LogP contribution in [0.4, 0.5) is 5.69 Å². The van der Waals surface area contributed by atoms with E-state index in [1.807, 2.05) is 0 Å². The van der Waals surface area contributed by atoms with E-state index in [1.165, 1.54) is 13.2 Å². The van der Waals surface area contributed by atoms with Crippen LogP contribution in [-0.4, -0.2) is 23.1 Å². The number of phenolic OH excluding ortho intramolecular Hbond substituents is 1. The first-order valence-corrected chi connectivity index (χ1v) is 6.86. The molecule has 0 unspecified atom stereocenters. The van der Waals surface area contributed by atoms with Crippen molar-refractivity contribution in [3.63, 3.8) is 0 Å². The fourth-order valence-corrected chi connectivity index (χ4v) is 2.08. The Morgan fingerprint density at radius 3 is 2.87 bits per heavy atom. The molecule has 0 bridgehead atoms. The Labute approximate surface area is 132 Å². The van der Waals surface area contributed by atoms with Gasteiger partial charge in [-0.3, -0.25) is 9.78 Å². The maximum atomic E-state index is 12.1. The Morgan fingerprint density at radius 1 is 1.26 bits per heavy atom. The number of rotatable bonds is 4. The molecule has 23 heavy (non-hydrogen) atoms. The summed E-state index contributed by atoms with van der Waals surface area (Å²) < 4.78 is 10.6. The molecule has 2 N–H and O–H groups in total. The maximum Gasteiger partial charge on any atom is 0.291 e. The Kier molecular flexibility index (Phi) is 3.97. The van der Waals surface area contributed by atoms with Crippen LogP contribution in [0, 0.1) is 0 Å². The zero-order chi connectivity index (χ0) is 16.2. The molecular formula is C17H14N2O4. The van der Waals surface area contributed by atoms with Gasteiger partial charge in [-0.1, -0.05) is 0 Å². The minimum Gasteiger partial charge on any atom is -0.504 e. The summed E-state index contributed by atoms with van der Waals surface area (Å²) in [4.78, 5) is 16.1. The summed E-state index contributed by atoms with van der Waals surface area (Å²) in [7, 11) is 1.47. The van der Waals surface area contributed by atoms with Crippen LogP contribution in [0.15, 0.2) is 59.3 Å². The number of phenols is 1. The minimum absolute atomic E-state index is 0.0392. The molecule has 0 aliphatic heterocycles. The van der Waals surface area contributed by atoms with Gasteiger partial charge in [0.2, 0.25) is 0 Å². The smallest absolute Gasteiger partial charge is 0.291 e. The van der Waals surface area contributed by atoms with Gasteiger partial charge < -0.3 is 19.6 Å². The lowest BCUT2D eigenvalue weighted by molar-refractivity contribution is 0.0997. The molecule has 1 aromatic carbocycles. The highest BCUT2D eigenvalue weighted by molar-refractivity contribution is 6.02. The van der Waals surface area contributed by atoms with Crippen molar-refractivity contribution in [1.29, 1.82) is 0 Å². The highest BCUT2D eigenvalue weighted by Gasteiger charge is 2.14. The van der Waals surface area contributed by atoms with Crippen LogP contribution in [0.5, 0.6) is 11.5 Å². The van der Waals surface area contributed by atoms with Crippen LogP contribution in [0.2, 0.25) is 0 Å².